The van der Waals surface area contributed by atoms with Crippen LogP contribution in [0.4, 0.5) is 0 Å². The quantitative estimate of drug-likeness (QED) is 0.888. The molecule has 1 aromatic carbocycles. The van der Waals surface area contributed by atoms with Gasteiger partial charge in [0.2, 0.25) is 0 Å². The molecule has 2 heterocycles. The lowest BCUT2D eigenvalue weighted by Crippen LogP contribution is -2.45. The summed E-state index contributed by atoms with van der Waals surface area (Å²) in [4.78, 5) is 15.6. The van der Waals surface area contributed by atoms with Gasteiger partial charge in [-0.3, -0.25) is 9.69 Å². The van der Waals surface area contributed by atoms with Gasteiger partial charge in [-0.2, -0.15) is 0 Å². The Balaban J connectivity index is 1.65. The number of carbonyl (C=O) groups is 1. The molecule has 0 bridgehead atoms. The zero-order valence-corrected chi connectivity index (χ0v) is 15.9. The maximum absolute atomic E-state index is 12.4. The lowest BCUT2D eigenvalue weighted by atomic mass is 10.1. The van der Waals surface area contributed by atoms with Crippen molar-refractivity contribution in [3.8, 4) is 0 Å². The van der Waals surface area contributed by atoms with Crippen LogP contribution in [-0.2, 0) is 17.8 Å². The average Bonchev–Trinajstić information content (AvgIpc) is 2.99. The van der Waals surface area contributed by atoms with E-state index in [1.165, 1.54) is 22.5 Å². The molecular formula is C20H26N2O2S. The molecule has 0 saturated carbocycles. The number of hydrogen-bond acceptors (Lipinski definition) is 4. The zero-order valence-electron chi connectivity index (χ0n) is 15.1. The fourth-order valence-electron chi connectivity index (χ4n) is 3.40. The number of amides is 1. The summed E-state index contributed by atoms with van der Waals surface area (Å²) in [5.41, 5.74) is 3.48. The van der Waals surface area contributed by atoms with Crippen molar-refractivity contribution in [2.45, 2.75) is 46.1 Å². The SMILES string of the molecule is Cc1ccsc1C(=O)NCc1ccccc1CN1CC(C)OC(C)C1. The maximum atomic E-state index is 12.4. The van der Waals surface area contributed by atoms with Crippen molar-refractivity contribution in [1.82, 2.24) is 10.2 Å². The van der Waals surface area contributed by atoms with Crippen molar-refractivity contribution in [3.63, 3.8) is 0 Å². The molecule has 25 heavy (non-hydrogen) atoms. The summed E-state index contributed by atoms with van der Waals surface area (Å²) in [6.07, 6.45) is 0.523. The minimum absolute atomic E-state index is 0.0101. The first kappa shape index (κ1) is 18.1. The molecule has 1 fully saturated rings. The van der Waals surface area contributed by atoms with E-state index in [9.17, 15) is 4.79 Å². The molecule has 3 rings (SSSR count). The highest BCUT2D eigenvalue weighted by molar-refractivity contribution is 7.12. The molecule has 0 radical (unpaired) electrons. The van der Waals surface area contributed by atoms with Crippen molar-refractivity contribution in [2.75, 3.05) is 13.1 Å². The fourth-order valence-corrected chi connectivity index (χ4v) is 4.24. The van der Waals surface area contributed by atoms with E-state index in [1.807, 2.05) is 24.4 Å². The number of benzene rings is 1. The predicted molar refractivity (Wildman–Crippen MR) is 102 cm³/mol. The van der Waals surface area contributed by atoms with E-state index in [2.05, 4.69) is 42.3 Å². The second-order valence-corrected chi connectivity index (χ2v) is 7.75. The van der Waals surface area contributed by atoms with Gasteiger partial charge in [0.15, 0.2) is 0 Å². The third kappa shape index (κ3) is 4.69. The summed E-state index contributed by atoms with van der Waals surface area (Å²) < 4.78 is 5.82. The van der Waals surface area contributed by atoms with Gasteiger partial charge in [-0.15, -0.1) is 11.3 Å². The van der Waals surface area contributed by atoms with Crippen molar-refractivity contribution < 1.29 is 9.53 Å². The highest BCUT2D eigenvalue weighted by atomic mass is 32.1. The van der Waals surface area contributed by atoms with E-state index in [1.54, 1.807) is 0 Å². The summed E-state index contributed by atoms with van der Waals surface area (Å²) in [5, 5.41) is 5.02. The molecular weight excluding hydrogens is 332 g/mol. The van der Waals surface area contributed by atoms with E-state index >= 15 is 0 Å². The summed E-state index contributed by atoms with van der Waals surface area (Å²) in [7, 11) is 0. The number of morpholine rings is 1. The molecule has 0 spiro atoms. The van der Waals surface area contributed by atoms with Crippen LogP contribution in [0, 0.1) is 6.92 Å². The number of thiophene rings is 1. The number of aryl methyl sites for hydroxylation is 1. The van der Waals surface area contributed by atoms with Crippen molar-refractivity contribution in [2.24, 2.45) is 0 Å². The third-order valence-corrected chi connectivity index (χ3v) is 5.53. The van der Waals surface area contributed by atoms with Gasteiger partial charge in [0.1, 0.15) is 0 Å². The number of rotatable bonds is 5. The van der Waals surface area contributed by atoms with Crippen LogP contribution in [0.15, 0.2) is 35.7 Å². The molecule has 4 nitrogen and oxygen atoms in total. The van der Waals surface area contributed by atoms with Crippen LogP contribution < -0.4 is 5.32 Å². The van der Waals surface area contributed by atoms with E-state index < -0.39 is 0 Å². The standard InChI is InChI=1S/C20H26N2O2S/c1-14-8-9-25-19(14)20(23)21-10-17-6-4-5-7-18(17)13-22-11-15(2)24-16(3)12-22/h4-9,15-16H,10-13H2,1-3H3,(H,21,23). The maximum Gasteiger partial charge on any atom is 0.261 e. The van der Waals surface area contributed by atoms with E-state index in [4.69, 9.17) is 4.74 Å². The van der Waals surface area contributed by atoms with Crippen LogP contribution in [0.25, 0.3) is 0 Å². The summed E-state index contributed by atoms with van der Waals surface area (Å²) in [6.45, 7) is 9.55. The third-order valence-electron chi connectivity index (χ3n) is 4.52. The zero-order chi connectivity index (χ0) is 17.8. The van der Waals surface area contributed by atoms with Crippen molar-refractivity contribution in [3.05, 3.63) is 57.3 Å². The Labute approximate surface area is 153 Å². The summed E-state index contributed by atoms with van der Waals surface area (Å²) in [6, 6.07) is 10.3. The summed E-state index contributed by atoms with van der Waals surface area (Å²) >= 11 is 1.49. The van der Waals surface area contributed by atoms with E-state index in [-0.39, 0.29) is 18.1 Å². The van der Waals surface area contributed by atoms with Gasteiger partial charge in [-0.05, 0) is 48.9 Å². The molecule has 1 aliphatic heterocycles. The van der Waals surface area contributed by atoms with Gasteiger partial charge < -0.3 is 10.1 Å². The summed E-state index contributed by atoms with van der Waals surface area (Å²) in [5.74, 6) is 0.0101. The fraction of sp³-hybridized carbons (Fsp3) is 0.450. The number of carbonyl (C=O) groups excluding carboxylic acids is 1. The van der Waals surface area contributed by atoms with Crippen molar-refractivity contribution >= 4 is 17.2 Å². The van der Waals surface area contributed by atoms with Gasteiger partial charge in [-0.1, -0.05) is 24.3 Å². The Kier molecular flexibility index (Phi) is 5.89. The average molecular weight is 359 g/mol. The van der Waals surface area contributed by atoms with Gasteiger partial charge >= 0.3 is 0 Å². The normalized spacial score (nSPS) is 21.2. The first-order chi connectivity index (χ1) is 12.0. The lowest BCUT2D eigenvalue weighted by Gasteiger charge is -2.35. The van der Waals surface area contributed by atoms with Gasteiger partial charge in [0, 0.05) is 26.2 Å². The molecule has 5 heteroatoms. The molecule has 2 atom stereocenters. The molecule has 134 valence electrons. The number of hydrogen-bond donors (Lipinski definition) is 1. The Morgan fingerprint density at radius 1 is 1.20 bits per heavy atom. The molecule has 1 saturated heterocycles. The van der Waals surface area contributed by atoms with E-state index in [0.29, 0.717) is 6.54 Å². The minimum atomic E-state index is 0.0101. The van der Waals surface area contributed by atoms with Crippen LogP contribution in [0.2, 0.25) is 0 Å². The highest BCUT2D eigenvalue weighted by Gasteiger charge is 2.22. The Bertz CT molecular complexity index is 718. The van der Waals surface area contributed by atoms with Gasteiger partial charge in [0.25, 0.3) is 5.91 Å². The Morgan fingerprint density at radius 2 is 1.88 bits per heavy atom. The smallest absolute Gasteiger partial charge is 0.261 e. The second kappa shape index (κ2) is 8.13. The Hall–Kier alpha value is -1.69. The molecule has 1 aromatic heterocycles. The molecule has 1 amide bonds. The minimum Gasteiger partial charge on any atom is -0.373 e. The van der Waals surface area contributed by atoms with Crippen LogP contribution in [0.3, 0.4) is 0 Å². The van der Waals surface area contributed by atoms with E-state index in [0.717, 1.165) is 30.1 Å². The van der Waals surface area contributed by atoms with Gasteiger partial charge in [0.05, 0.1) is 17.1 Å². The highest BCUT2D eigenvalue weighted by Crippen LogP contribution is 2.18. The first-order valence-electron chi connectivity index (χ1n) is 8.80. The van der Waals surface area contributed by atoms with Crippen LogP contribution in [0.5, 0.6) is 0 Å². The second-order valence-electron chi connectivity index (χ2n) is 6.84. The number of nitrogens with zero attached hydrogens (tertiary/aromatic N) is 1. The molecule has 1 aliphatic rings. The number of nitrogens with one attached hydrogen (secondary N) is 1. The molecule has 2 unspecified atom stereocenters. The van der Waals surface area contributed by atoms with Crippen LogP contribution in [-0.4, -0.2) is 36.1 Å². The van der Waals surface area contributed by atoms with Crippen LogP contribution in [0.1, 0.15) is 40.2 Å². The van der Waals surface area contributed by atoms with Crippen LogP contribution >= 0.6 is 11.3 Å². The first-order valence-corrected chi connectivity index (χ1v) is 9.67. The topological polar surface area (TPSA) is 41.6 Å². The molecule has 1 N–H and O–H groups in total. The largest absolute Gasteiger partial charge is 0.373 e. The molecule has 2 aromatic rings. The predicted octanol–water partition coefficient (Wildman–Crippen LogP) is 3.60. The van der Waals surface area contributed by atoms with Gasteiger partial charge in [-0.25, -0.2) is 0 Å². The number of ether oxygens (including phenoxy) is 1. The lowest BCUT2D eigenvalue weighted by molar-refractivity contribution is -0.0705. The molecule has 0 aliphatic carbocycles. The van der Waals surface area contributed by atoms with Crippen molar-refractivity contribution in [1.29, 1.82) is 0 Å². The Morgan fingerprint density at radius 3 is 2.52 bits per heavy atom. The monoisotopic (exact) mass is 358 g/mol.